The number of likely N-dealkylation sites (tertiary alicyclic amines) is 1. The van der Waals surface area contributed by atoms with Crippen LogP contribution in [0.4, 0.5) is 10.2 Å². The molecule has 1 aromatic carbocycles. The van der Waals surface area contributed by atoms with Crippen LogP contribution < -0.4 is 4.90 Å². The van der Waals surface area contributed by atoms with E-state index >= 15 is 0 Å². The van der Waals surface area contributed by atoms with Gasteiger partial charge in [-0.15, -0.1) is 0 Å². The summed E-state index contributed by atoms with van der Waals surface area (Å²) in [4.78, 5) is 24.7. The number of anilines is 1. The number of halogens is 1. The van der Waals surface area contributed by atoms with E-state index < -0.39 is 11.8 Å². The SMILES string of the molecule is Cn1c(CN2CCC(C(C)(C)O)CC2)nc2c(N3CCOCC3)nc(-n3c([C@H]4C[C@H]4F)nc4ccccc43)nc21. The molecule has 5 heterocycles. The van der Waals surface area contributed by atoms with E-state index in [1.165, 1.54) is 0 Å². The Morgan fingerprint density at radius 2 is 1.75 bits per heavy atom. The average Bonchev–Trinajstić information content (AvgIpc) is 3.43. The molecular weight excluding hydrogens is 511 g/mol. The second kappa shape index (κ2) is 9.74. The molecule has 212 valence electrons. The first-order valence-corrected chi connectivity index (χ1v) is 14.4. The van der Waals surface area contributed by atoms with Crippen molar-refractivity contribution in [3.63, 3.8) is 0 Å². The highest BCUT2D eigenvalue weighted by Crippen LogP contribution is 2.44. The number of morpholine rings is 1. The average molecular weight is 549 g/mol. The van der Waals surface area contributed by atoms with Crippen molar-refractivity contribution in [1.29, 1.82) is 0 Å². The molecule has 0 radical (unpaired) electrons. The lowest BCUT2D eigenvalue weighted by molar-refractivity contribution is -0.0139. The Hall–Kier alpha value is -3.15. The Morgan fingerprint density at radius 1 is 1.02 bits per heavy atom. The zero-order valence-electron chi connectivity index (χ0n) is 23.4. The van der Waals surface area contributed by atoms with Gasteiger partial charge in [-0.05, 0) is 64.3 Å². The molecule has 0 unspecified atom stereocenters. The highest BCUT2D eigenvalue weighted by atomic mass is 19.1. The standard InChI is InChI=1S/C29H37FN8O2/c1-29(2,39)18-8-10-36(11-9-18)17-23-32-24-26(35(23)3)33-28(34-27(24)37-12-14-40-15-13-37)38-22-7-5-4-6-21(22)31-25(38)19-16-20(19)30/h4-7,18-20,39H,8-17H2,1-3H3/t19-,20+/m0/s1. The molecule has 2 saturated heterocycles. The third-order valence-electron chi connectivity index (χ3n) is 8.87. The quantitative estimate of drug-likeness (QED) is 0.392. The van der Waals surface area contributed by atoms with Crippen LogP contribution in [0.25, 0.3) is 28.1 Å². The fraction of sp³-hybridized carbons (Fsp3) is 0.586. The summed E-state index contributed by atoms with van der Waals surface area (Å²) < 4.78 is 24.0. The molecule has 0 spiro atoms. The molecule has 0 bridgehead atoms. The molecular formula is C29H37FN8O2. The van der Waals surface area contributed by atoms with Gasteiger partial charge in [-0.25, -0.2) is 14.4 Å². The molecule has 11 heteroatoms. The van der Waals surface area contributed by atoms with Crippen molar-refractivity contribution >= 4 is 28.0 Å². The molecule has 1 aliphatic carbocycles. The Bertz CT molecular complexity index is 1550. The molecule has 1 N–H and O–H groups in total. The molecule has 1 saturated carbocycles. The summed E-state index contributed by atoms with van der Waals surface area (Å²) in [5.74, 6) is 2.95. The number of hydrogen-bond donors (Lipinski definition) is 1. The Balaban J connectivity index is 1.31. The monoisotopic (exact) mass is 548 g/mol. The summed E-state index contributed by atoms with van der Waals surface area (Å²) in [6.07, 6.45) is 1.51. The first-order chi connectivity index (χ1) is 19.3. The van der Waals surface area contributed by atoms with E-state index in [4.69, 9.17) is 24.7 Å². The van der Waals surface area contributed by atoms with Crippen LogP contribution in [-0.4, -0.2) is 90.2 Å². The van der Waals surface area contributed by atoms with E-state index in [1.54, 1.807) is 0 Å². The van der Waals surface area contributed by atoms with Gasteiger partial charge in [0.15, 0.2) is 17.0 Å². The third-order valence-corrected chi connectivity index (χ3v) is 8.87. The zero-order valence-corrected chi connectivity index (χ0v) is 23.4. The molecule has 10 nitrogen and oxygen atoms in total. The van der Waals surface area contributed by atoms with Crippen LogP contribution >= 0.6 is 0 Å². The first-order valence-electron chi connectivity index (χ1n) is 14.4. The van der Waals surface area contributed by atoms with E-state index in [2.05, 4.69) is 14.4 Å². The van der Waals surface area contributed by atoms with Crippen LogP contribution in [0.5, 0.6) is 0 Å². The number of fused-ring (bicyclic) bond motifs is 2. The molecule has 3 aromatic heterocycles. The lowest BCUT2D eigenvalue weighted by atomic mass is 9.83. The van der Waals surface area contributed by atoms with E-state index in [9.17, 15) is 9.50 Å². The predicted molar refractivity (Wildman–Crippen MR) is 151 cm³/mol. The molecule has 3 fully saturated rings. The maximum atomic E-state index is 14.3. The Kier molecular flexibility index (Phi) is 6.28. The molecule has 2 atom stereocenters. The van der Waals surface area contributed by atoms with E-state index in [0.717, 1.165) is 59.8 Å². The van der Waals surface area contributed by atoms with Crippen molar-refractivity contribution in [1.82, 2.24) is 34.0 Å². The molecule has 0 amide bonds. The number of benzene rings is 1. The van der Waals surface area contributed by atoms with Gasteiger partial charge >= 0.3 is 0 Å². The predicted octanol–water partition coefficient (Wildman–Crippen LogP) is 3.35. The second-order valence-corrected chi connectivity index (χ2v) is 12.1. The number of piperidine rings is 1. The molecule has 3 aliphatic rings. The zero-order chi connectivity index (χ0) is 27.6. The number of alkyl halides is 1. The summed E-state index contributed by atoms with van der Waals surface area (Å²) in [6.45, 7) is 9.05. The normalized spacial score (nSPS) is 23.0. The number of rotatable bonds is 6. The van der Waals surface area contributed by atoms with E-state index in [-0.39, 0.29) is 5.92 Å². The minimum atomic E-state index is -0.887. The highest BCUT2D eigenvalue weighted by molar-refractivity contribution is 5.86. The summed E-state index contributed by atoms with van der Waals surface area (Å²) >= 11 is 0. The Labute approximate surface area is 232 Å². The minimum absolute atomic E-state index is 0.243. The van der Waals surface area contributed by atoms with Crippen molar-refractivity contribution in [2.24, 2.45) is 13.0 Å². The number of aliphatic hydroxyl groups is 1. The van der Waals surface area contributed by atoms with Gasteiger partial charge in [0.1, 0.15) is 17.8 Å². The maximum absolute atomic E-state index is 14.3. The third kappa shape index (κ3) is 4.53. The number of nitrogens with zero attached hydrogens (tertiary/aromatic N) is 8. The van der Waals surface area contributed by atoms with E-state index in [1.807, 2.05) is 49.7 Å². The van der Waals surface area contributed by atoms with Crippen molar-refractivity contribution in [2.45, 2.75) is 57.3 Å². The van der Waals surface area contributed by atoms with Gasteiger partial charge in [0.2, 0.25) is 5.95 Å². The van der Waals surface area contributed by atoms with Crippen molar-refractivity contribution in [2.75, 3.05) is 44.3 Å². The number of hydrogen-bond acceptors (Lipinski definition) is 8. The van der Waals surface area contributed by atoms with Crippen LogP contribution in [-0.2, 0) is 18.3 Å². The number of aryl methyl sites for hydroxylation is 1. The summed E-state index contributed by atoms with van der Waals surface area (Å²) in [5.41, 5.74) is 2.57. The smallest absolute Gasteiger partial charge is 0.239 e. The van der Waals surface area contributed by atoms with Crippen LogP contribution in [0.2, 0.25) is 0 Å². The molecule has 4 aromatic rings. The maximum Gasteiger partial charge on any atom is 0.239 e. The van der Waals surface area contributed by atoms with Crippen LogP contribution in [0, 0.1) is 5.92 Å². The summed E-state index contributed by atoms with van der Waals surface area (Å²) in [7, 11) is 2.01. The van der Waals surface area contributed by atoms with Gasteiger partial charge in [0, 0.05) is 20.1 Å². The lowest BCUT2D eigenvalue weighted by Gasteiger charge is -2.37. The van der Waals surface area contributed by atoms with Crippen molar-refractivity contribution in [3.05, 3.63) is 35.9 Å². The number of para-hydroxylation sites is 2. The molecule has 2 aliphatic heterocycles. The second-order valence-electron chi connectivity index (χ2n) is 12.1. The van der Waals surface area contributed by atoms with Crippen LogP contribution in [0.3, 0.4) is 0 Å². The fourth-order valence-corrected chi connectivity index (χ4v) is 6.25. The van der Waals surface area contributed by atoms with Gasteiger partial charge < -0.3 is 19.3 Å². The van der Waals surface area contributed by atoms with Crippen molar-refractivity contribution in [3.8, 4) is 5.95 Å². The first kappa shape index (κ1) is 25.8. The lowest BCUT2D eigenvalue weighted by Crippen LogP contribution is -2.41. The molecule has 7 rings (SSSR count). The topological polar surface area (TPSA) is 97.4 Å². The molecule has 40 heavy (non-hydrogen) atoms. The van der Waals surface area contributed by atoms with Gasteiger partial charge in [-0.1, -0.05) is 12.1 Å². The largest absolute Gasteiger partial charge is 0.390 e. The summed E-state index contributed by atoms with van der Waals surface area (Å²) in [6, 6.07) is 7.87. The van der Waals surface area contributed by atoms with Crippen LogP contribution in [0.1, 0.15) is 50.7 Å². The van der Waals surface area contributed by atoms with E-state index in [0.29, 0.717) is 57.0 Å². The summed E-state index contributed by atoms with van der Waals surface area (Å²) in [5, 5.41) is 10.5. The number of ether oxygens (including phenoxy) is 1. The Morgan fingerprint density at radius 3 is 2.45 bits per heavy atom. The van der Waals surface area contributed by atoms with Gasteiger partial charge in [-0.3, -0.25) is 9.47 Å². The van der Waals surface area contributed by atoms with Gasteiger partial charge in [0.25, 0.3) is 0 Å². The minimum Gasteiger partial charge on any atom is -0.390 e. The van der Waals surface area contributed by atoms with Gasteiger partial charge in [-0.2, -0.15) is 9.97 Å². The fourth-order valence-electron chi connectivity index (χ4n) is 6.25. The van der Waals surface area contributed by atoms with Crippen molar-refractivity contribution < 1.29 is 14.2 Å². The highest BCUT2D eigenvalue weighted by Gasteiger charge is 2.43. The van der Waals surface area contributed by atoms with Gasteiger partial charge in [0.05, 0.1) is 42.3 Å². The number of aromatic nitrogens is 6. The number of imidazole rings is 2. The van der Waals surface area contributed by atoms with Crippen LogP contribution in [0.15, 0.2) is 24.3 Å².